The van der Waals surface area contributed by atoms with Gasteiger partial charge in [0.25, 0.3) is 0 Å². The number of benzene rings is 1. The number of carbonyl (C=O) groups is 3. The Balaban J connectivity index is 2.97. The molecule has 1 atom stereocenters. The quantitative estimate of drug-likeness (QED) is 0.572. The van der Waals surface area contributed by atoms with E-state index in [4.69, 9.17) is 16.6 Å². The molecule has 0 saturated heterocycles. The van der Waals surface area contributed by atoms with E-state index in [1.807, 2.05) is 5.32 Å². The highest BCUT2D eigenvalue weighted by molar-refractivity contribution is 5.98. The van der Waals surface area contributed by atoms with Crippen LogP contribution in [0.15, 0.2) is 18.2 Å². The standard InChI is InChI=1S/C12H16N4O4/c1-6(10(17)15-12(14)20)16(2)9-4-3-7(11(18)19)5-8(9)13/h3-6H,13H2,1-2H3,(H,18,19)(H3,14,15,17,20). The normalized spacial score (nSPS) is 11.5. The molecule has 0 saturated carbocycles. The van der Waals surface area contributed by atoms with E-state index in [0.29, 0.717) is 5.69 Å². The predicted molar refractivity (Wildman–Crippen MR) is 73.4 cm³/mol. The lowest BCUT2D eigenvalue weighted by Crippen LogP contribution is -2.47. The van der Waals surface area contributed by atoms with Crippen LogP contribution in [-0.2, 0) is 4.79 Å². The Hall–Kier alpha value is -2.77. The van der Waals surface area contributed by atoms with Crippen molar-refractivity contribution >= 4 is 29.3 Å². The number of imide groups is 1. The molecule has 0 radical (unpaired) electrons. The van der Waals surface area contributed by atoms with Gasteiger partial charge in [-0.05, 0) is 25.1 Å². The summed E-state index contributed by atoms with van der Waals surface area (Å²) in [6.07, 6.45) is 0. The van der Waals surface area contributed by atoms with E-state index in [-0.39, 0.29) is 11.3 Å². The minimum absolute atomic E-state index is 0.0499. The molecule has 1 aromatic rings. The van der Waals surface area contributed by atoms with Gasteiger partial charge >= 0.3 is 12.0 Å². The molecule has 6 N–H and O–H groups in total. The van der Waals surface area contributed by atoms with Gasteiger partial charge in [0, 0.05) is 7.05 Å². The first-order valence-electron chi connectivity index (χ1n) is 5.70. The van der Waals surface area contributed by atoms with E-state index in [9.17, 15) is 14.4 Å². The number of anilines is 2. The summed E-state index contributed by atoms with van der Waals surface area (Å²) in [5.74, 6) is -1.67. The van der Waals surface area contributed by atoms with Crippen LogP contribution in [-0.4, -0.2) is 36.1 Å². The number of amides is 3. The molecule has 8 heteroatoms. The third-order valence-corrected chi connectivity index (χ3v) is 2.86. The first-order chi connectivity index (χ1) is 9.23. The summed E-state index contributed by atoms with van der Waals surface area (Å²) in [7, 11) is 1.59. The summed E-state index contributed by atoms with van der Waals surface area (Å²) < 4.78 is 0. The molecular weight excluding hydrogens is 264 g/mol. The van der Waals surface area contributed by atoms with Crippen molar-refractivity contribution in [2.75, 3.05) is 17.7 Å². The Morgan fingerprint density at radius 2 is 1.95 bits per heavy atom. The van der Waals surface area contributed by atoms with Crippen LogP contribution in [0.4, 0.5) is 16.2 Å². The number of primary amides is 1. The number of nitrogens with two attached hydrogens (primary N) is 2. The zero-order valence-electron chi connectivity index (χ0n) is 11.1. The number of carboxylic acid groups (broad SMARTS) is 1. The van der Waals surface area contributed by atoms with E-state index in [0.717, 1.165) is 0 Å². The third kappa shape index (κ3) is 3.37. The zero-order chi connectivity index (χ0) is 15.4. The van der Waals surface area contributed by atoms with Crippen LogP contribution >= 0.6 is 0 Å². The molecule has 0 fully saturated rings. The fourth-order valence-electron chi connectivity index (χ4n) is 1.62. The second-order valence-electron chi connectivity index (χ2n) is 4.22. The number of carbonyl (C=O) groups excluding carboxylic acids is 2. The molecule has 20 heavy (non-hydrogen) atoms. The molecular formula is C12H16N4O4. The topological polar surface area (TPSA) is 139 Å². The lowest BCUT2D eigenvalue weighted by molar-refractivity contribution is -0.120. The van der Waals surface area contributed by atoms with E-state index in [2.05, 4.69) is 0 Å². The first-order valence-corrected chi connectivity index (χ1v) is 5.70. The van der Waals surface area contributed by atoms with E-state index < -0.39 is 23.9 Å². The molecule has 0 heterocycles. The number of rotatable bonds is 4. The Morgan fingerprint density at radius 3 is 2.40 bits per heavy atom. The molecule has 0 aliphatic carbocycles. The van der Waals surface area contributed by atoms with Gasteiger partial charge in [-0.3, -0.25) is 10.1 Å². The molecule has 0 spiro atoms. The smallest absolute Gasteiger partial charge is 0.335 e. The summed E-state index contributed by atoms with van der Waals surface area (Å²) in [5, 5.41) is 10.8. The average molecular weight is 280 g/mol. The van der Waals surface area contributed by atoms with Gasteiger partial charge in [0.2, 0.25) is 5.91 Å². The van der Waals surface area contributed by atoms with Gasteiger partial charge in [-0.2, -0.15) is 0 Å². The number of carboxylic acids is 1. The fraction of sp³-hybridized carbons (Fsp3) is 0.250. The number of nitrogens with one attached hydrogen (secondary N) is 1. The number of likely N-dealkylation sites (N-methyl/N-ethyl adjacent to an activating group) is 1. The summed E-state index contributed by atoms with van der Waals surface area (Å²) >= 11 is 0. The highest BCUT2D eigenvalue weighted by Gasteiger charge is 2.21. The molecule has 108 valence electrons. The second-order valence-corrected chi connectivity index (χ2v) is 4.22. The van der Waals surface area contributed by atoms with Gasteiger partial charge in [0.1, 0.15) is 6.04 Å². The lowest BCUT2D eigenvalue weighted by Gasteiger charge is -2.26. The molecule has 0 aromatic heterocycles. The van der Waals surface area contributed by atoms with Crippen molar-refractivity contribution in [2.24, 2.45) is 5.73 Å². The molecule has 1 aromatic carbocycles. The largest absolute Gasteiger partial charge is 0.478 e. The molecule has 8 nitrogen and oxygen atoms in total. The van der Waals surface area contributed by atoms with Crippen LogP contribution in [0, 0.1) is 0 Å². The van der Waals surface area contributed by atoms with Gasteiger partial charge in [0.05, 0.1) is 16.9 Å². The number of hydrogen-bond acceptors (Lipinski definition) is 5. The molecule has 0 aliphatic rings. The Morgan fingerprint density at radius 1 is 1.35 bits per heavy atom. The second kappa shape index (κ2) is 5.91. The maximum absolute atomic E-state index is 11.7. The number of urea groups is 1. The Kier molecular flexibility index (Phi) is 4.52. The Labute approximate surface area is 115 Å². The van der Waals surface area contributed by atoms with Crippen molar-refractivity contribution in [1.29, 1.82) is 0 Å². The van der Waals surface area contributed by atoms with Crippen LogP contribution in [0.3, 0.4) is 0 Å². The van der Waals surface area contributed by atoms with Crippen LogP contribution in [0.1, 0.15) is 17.3 Å². The third-order valence-electron chi connectivity index (χ3n) is 2.86. The van der Waals surface area contributed by atoms with Crippen LogP contribution in [0.25, 0.3) is 0 Å². The van der Waals surface area contributed by atoms with E-state index >= 15 is 0 Å². The highest BCUT2D eigenvalue weighted by atomic mass is 16.4. The van der Waals surface area contributed by atoms with Crippen molar-refractivity contribution in [3.05, 3.63) is 23.8 Å². The van der Waals surface area contributed by atoms with Gasteiger partial charge in [-0.1, -0.05) is 0 Å². The van der Waals surface area contributed by atoms with Crippen molar-refractivity contribution in [2.45, 2.75) is 13.0 Å². The Bertz CT molecular complexity index is 558. The SMILES string of the molecule is CC(C(=O)NC(N)=O)N(C)c1ccc(C(=O)O)cc1N. The monoisotopic (exact) mass is 280 g/mol. The van der Waals surface area contributed by atoms with Crippen molar-refractivity contribution in [1.82, 2.24) is 5.32 Å². The molecule has 1 rings (SSSR count). The number of hydrogen-bond donors (Lipinski definition) is 4. The highest BCUT2D eigenvalue weighted by Crippen LogP contribution is 2.25. The van der Waals surface area contributed by atoms with Crippen molar-refractivity contribution < 1.29 is 19.5 Å². The van der Waals surface area contributed by atoms with Gasteiger partial charge in [0.15, 0.2) is 0 Å². The summed E-state index contributed by atoms with van der Waals surface area (Å²) in [5.41, 5.74) is 11.4. The minimum Gasteiger partial charge on any atom is -0.478 e. The number of nitrogens with zero attached hydrogens (tertiary/aromatic N) is 1. The van der Waals surface area contributed by atoms with Gasteiger partial charge in [-0.15, -0.1) is 0 Å². The first kappa shape index (κ1) is 15.3. The van der Waals surface area contributed by atoms with E-state index in [1.165, 1.54) is 23.1 Å². The molecule has 1 unspecified atom stereocenters. The molecule has 0 bridgehead atoms. The summed E-state index contributed by atoms with van der Waals surface area (Å²) in [6.45, 7) is 1.56. The van der Waals surface area contributed by atoms with Crippen LogP contribution < -0.4 is 21.7 Å². The van der Waals surface area contributed by atoms with Crippen LogP contribution in [0.2, 0.25) is 0 Å². The zero-order valence-corrected chi connectivity index (χ0v) is 11.1. The summed E-state index contributed by atoms with van der Waals surface area (Å²) in [4.78, 5) is 34.6. The van der Waals surface area contributed by atoms with Crippen molar-refractivity contribution in [3.8, 4) is 0 Å². The summed E-state index contributed by atoms with van der Waals surface area (Å²) in [6, 6.07) is 2.52. The van der Waals surface area contributed by atoms with Gasteiger partial charge < -0.3 is 21.5 Å². The molecule has 0 aliphatic heterocycles. The predicted octanol–water partition coefficient (Wildman–Crippen LogP) is -0.0134. The minimum atomic E-state index is -1.09. The number of aromatic carboxylic acids is 1. The molecule has 3 amide bonds. The lowest BCUT2D eigenvalue weighted by atomic mass is 10.1. The maximum atomic E-state index is 11.7. The average Bonchev–Trinajstić information content (AvgIpc) is 2.35. The van der Waals surface area contributed by atoms with Crippen LogP contribution in [0.5, 0.6) is 0 Å². The van der Waals surface area contributed by atoms with E-state index in [1.54, 1.807) is 14.0 Å². The number of nitrogen functional groups attached to an aromatic ring is 1. The van der Waals surface area contributed by atoms with Gasteiger partial charge in [-0.25, -0.2) is 9.59 Å². The maximum Gasteiger partial charge on any atom is 0.335 e. The fourth-order valence-corrected chi connectivity index (χ4v) is 1.62. The van der Waals surface area contributed by atoms with Crippen molar-refractivity contribution in [3.63, 3.8) is 0 Å².